The molecule has 11 nitrogen and oxygen atoms in total. The molecule has 14 heteroatoms. The van der Waals surface area contributed by atoms with Crippen LogP contribution in [-0.4, -0.2) is 85.9 Å². The van der Waals surface area contributed by atoms with Crippen molar-refractivity contribution in [1.29, 1.82) is 5.26 Å². The maximum atomic E-state index is 14.7. The molecule has 0 aliphatic carbocycles. The van der Waals surface area contributed by atoms with Gasteiger partial charge in [0.1, 0.15) is 30.0 Å². The number of nitriles is 1. The van der Waals surface area contributed by atoms with E-state index in [0.717, 1.165) is 12.1 Å². The van der Waals surface area contributed by atoms with Gasteiger partial charge >= 0.3 is 0 Å². The van der Waals surface area contributed by atoms with Crippen LogP contribution in [0.3, 0.4) is 0 Å². The number of hydrogen-bond acceptors (Lipinski definition) is 10. The molecule has 6 atom stereocenters. The summed E-state index contributed by atoms with van der Waals surface area (Å²) in [5.41, 5.74) is -1.59. The molecule has 2 aromatic heterocycles. The van der Waals surface area contributed by atoms with Gasteiger partial charge in [-0.15, -0.1) is 0 Å². The Bertz CT molecular complexity index is 1620. The van der Waals surface area contributed by atoms with Crippen LogP contribution in [0.4, 0.5) is 13.2 Å². The lowest BCUT2D eigenvalue weighted by atomic mass is 9.83. The first-order valence-electron chi connectivity index (χ1n) is 15.0. The maximum absolute atomic E-state index is 14.7. The number of rotatable bonds is 10. The van der Waals surface area contributed by atoms with Crippen LogP contribution in [0.1, 0.15) is 58.4 Å². The summed E-state index contributed by atoms with van der Waals surface area (Å²) in [7, 11) is 1.82. The van der Waals surface area contributed by atoms with E-state index in [1.165, 1.54) is 18.2 Å². The summed E-state index contributed by atoms with van der Waals surface area (Å²) in [6.45, 7) is 10.6. The normalized spacial score (nSPS) is 24.1. The molecule has 0 saturated carbocycles. The fourth-order valence-corrected chi connectivity index (χ4v) is 6.34. The van der Waals surface area contributed by atoms with Crippen LogP contribution in [0, 0.1) is 23.0 Å². The zero-order valence-electron chi connectivity index (χ0n) is 26.3. The van der Waals surface area contributed by atoms with Crippen molar-refractivity contribution in [3.05, 3.63) is 60.0 Å². The van der Waals surface area contributed by atoms with Gasteiger partial charge in [-0.1, -0.05) is 17.8 Å². The lowest BCUT2D eigenvalue weighted by molar-refractivity contribution is -0.129. The maximum Gasteiger partial charge on any atom is 0.246 e. The molecular formula is C32H36F3N7O4. The summed E-state index contributed by atoms with van der Waals surface area (Å²) in [5.74, 6) is -1.92. The number of halogens is 3. The standard InChI is InChI=1S/C32H36F3N7O4/c1-7-27(43)42-17(2)24(14-20(42)11-12-36)45-26-15-25(44-18(3)23-13-19(33)16-41(23)6)37-29(38-26)30-39-31(46-40-30)32(4,5)28-21(34)9-8-10-22(28)35/h7-10,15,17-20,23-24H,1,11,13-14,16H2,2-6H3/t17-,18-,19+,20+,23-,24+/m0/s1. The highest BCUT2D eigenvalue weighted by atomic mass is 19.1. The molecule has 2 fully saturated rings. The fourth-order valence-electron chi connectivity index (χ4n) is 6.34. The van der Waals surface area contributed by atoms with Gasteiger partial charge in [0.25, 0.3) is 0 Å². The third kappa shape index (κ3) is 6.42. The highest BCUT2D eigenvalue weighted by Gasteiger charge is 2.42. The SMILES string of the molecule is C=CC(=O)N1[C@H](CC#N)C[C@@H](Oc2cc(O[C@@H](C)[C@@H]3C[C@@H](F)CN3C)nc(-c3noc(C(C)(C)c4c(F)cccc4F)n3)n2)[C@@H]1C. The Morgan fingerprint density at radius 1 is 1.22 bits per heavy atom. The molecule has 0 unspecified atom stereocenters. The van der Waals surface area contributed by atoms with E-state index in [0.29, 0.717) is 12.8 Å². The van der Waals surface area contributed by atoms with Crippen molar-refractivity contribution in [2.45, 2.75) is 88.9 Å². The summed E-state index contributed by atoms with van der Waals surface area (Å²) in [5, 5.41) is 13.4. The van der Waals surface area contributed by atoms with E-state index in [2.05, 4.69) is 32.8 Å². The fraction of sp³-hybridized carbons (Fsp3) is 0.500. The number of carbonyl (C=O) groups is 1. The zero-order valence-corrected chi connectivity index (χ0v) is 26.3. The van der Waals surface area contributed by atoms with E-state index in [1.807, 2.05) is 25.8 Å². The molecule has 244 valence electrons. The average molecular weight is 640 g/mol. The quantitative estimate of drug-likeness (QED) is 0.286. The van der Waals surface area contributed by atoms with Crippen LogP contribution in [0.2, 0.25) is 0 Å². The highest BCUT2D eigenvalue weighted by Crippen LogP contribution is 2.36. The van der Waals surface area contributed by atoms with Crippen molar-refractivity contribution < 1.29 is 32.0 Å². The smallest absolute Gasteiger partial charge is 0.246 e. The number of nitrogens with zero attached hydrogens (tertiary/aromatic N) is 7. The first kappa shape index (κ1) is 32.9. The minimum absolute atomic E-state index is 0.0547. The summed E-state index contributed by atoms with van der Waals surface area (Å²) in [6.07, 6.45) is -0.0404. The first-order valence-corrected chi connectivity index (χ1v) is 15.0. The largest absolute Gasteiger partial charge is 0.473 e. The first-order chi connectivity index (χ1) is 21.8. The van der Waals surface area contributed by atoms with E-state index < -0.39 is 41.5 Å². The average Bonchev–Trinajstić information content (AvgIpc) is 3.70. The molecule has 3 aromatic rings. The number of likely N-dealkylation sites (N-methyl/N-ethyl adjacent to an activating group) is 1. The summed E-state index contributed by atoms with van der Waals surface area (Å²) >= 11 is 0. The molecule has 4 heterocycles. The molecule has 2 aliphatic heterocycles. The van der Waals surface area contributed by atoms with Gasteiger partial charge in [0, 0.05) is 30.6 Å². The van der Waals surface area contributed by atoms with Gasteiger partial charge in [0.2, 0.25) is 35.2 Å². The van der Waals surface area contributed by atoms with Crippen LogP contribution >= 0.6 is 0 Å². The summed E-state index contributed by atoms with van der Waals surface area (Å²) < 4.78 is 61.5. The molecule has 46 heavy (non-hydrogen) atoms. The molecule has 2 saturated heterocycles. The molecule has 2 aliphatic rings. The highest BCUT2D eigenvalue weighted by molar-refractivity contribution is 5.87. The third-order valence-electron chi connectivity index (χ3n) is 8.73. The van der Waals surface area contributed by atoms with Crippen molar-refractivity contribution in [3.8, 4) is 29.5 Å². The predicted octanol–water partition coefficient (Wildman–Crippen LogP) is 4.78. The second-order valence-electron chi connectivity index (χ2n) is 12.3. The molecular weight excluding hydrogens is 603 g/mol. The van der Waals surface area contributed by atoms with Crippen LogP contribution in [0.5, 0.6) is 11.8 Å². The second kappa shape index (κ2) is 13.1. The van der Waals surface area contributed by atoms with Crippen LogP contribution < -0.4 is 9.47 Å². The molecule has 1 aromatic carbocycles. The van der Waals surface area contributed by atoms with Gasteiger partial charge in [-0.25, -0.2) is 13.2 Å². The number of hydrogen-bond donors (Lipinski definition) is 0. The Labute approximate surface area is 265 Å². The number of amides is 1. The second-order valence-corrected chi connectivity index (χ2v) is 12.3. The van der Waals surface area contributed by atoms with Gasteiger partial charge in [0.15, 0.2) is 0 Å². The molecule has 0 radical (unpaired) electrons. The van der Waals surface area contributed by atoms with Crippen molar-refractivity contribution in [3.63, 3.8) is 0 Å². The van der Waals surface area contributed by atoms with Gasteiger partial charge < -0.3 is 18.9 Å². The topological polar surface area (TPSA) is 130 Å². The van der Waals surface area contributed by atoms with E-state index in [9.17, 15) is 23.2 Å². The lowest BCUT2D eigenvalue weighted by Crippen LogP contribution is -2.41. The van der Waals surface area contributed by atoms with Crippen LogP contribution in [0.25, 0.3) is 11.6 Å². The Hall–Kier alpha value is -4.51. The van der Waals surface area contributed by atoms with Gasteiger partial charge in [-0.2, -0.15) is 20.2 Å². The van der Waals surface area contributed by atoms with E-state index in [4.69, 9.17) is 14.0 Å². The van der Waals surface area contributed by atoms with Crippen molar-refractivity contribution in [1.82, 2.24) is 29.9 Å². The number of aromatic nitrogens is 4. The van der Waals surface area contributed by atoms with Crippen molar-refractivity contribution in [2.24, 2.45) is 0 Å². The minimum atomic E-state index is -1.35. The number of benzene rings is 1. The number of alkyl halides is 1. The molecule has 5 rings (SSSR count). The number of ether oxygens (including phenoxy) is 2. The van der Waals surface area contributed by atoms with E-state index >= 15 is 0 Å². The van der Waals surface area contributed by atoms with Crippen molar-refractivity contribution >= 4 is 5.91 Å². The lowest BCUT2D eigenvalue weighted by Gasteiger charge is -2.27. The minimum Gasteiger partial charge on any atom is -0.473 e. The Morgan fingerprint density at radius 2 is 1.91 bits per heavy atom. The van der Waals surface area contributed by atoms with Gasteiger partial charge in [0.05, 0.1) is 30.0 Å². The van der Waals surface area contributed by atoms with Crippen molar-refractivity contribution in [2.75, 3.05) is 13.6 Å². The van der Waals surface area contributed by atoms with E-state index in [1.54, 1.807) is 18.7 Å². The zero-order chi connectivity index (χ0) is 33.3. The Morgan fingerprint density at radius 3 is 2.54 bits per heavy atom. The molecule has 0 N–H and O–H groups in total. The summed E-state index contributed by atoms with van der Waals surface area (Å²) in [4.78, 5) is 29.4. The molecule has 0 bridgehead atoms. The molecule has 1 amide bonds. The van der Waals surface area contributed by atoms with E-state index in [-0.39, 0.29) is 65.8 Å². The van der Waals surface area contributed by atoms with Gasteiger partial charge in [-0.3, -0.25) is 9.69 Å². The van der Waals surface area contributed by atoms with Crippen LogP contribution in [-0.2, 0) is 10.2 Å². The number of likely N-dealkylation sites (tertiary alicyclic amines) is 2. The third-order valence-corrected chi connectivity index (χ3v) is 8.73. The predicted molar refractivity (Wildman–Crippen MR) is 159 cm³/mol. The number of carbonyl (C=O) groups excluding carboxylic acids is 1. The molecule has 0 spiro atoms. The van der Waals surface area contributed by atoms with Crippen LogP contribution in [0.15, 0.2) is 41.4 Å². The monoisotopic (exact) mass is 639 g/mol. The Balaban J connectivity index is 1.49. The summed E-state index contributed by atoms with van der Waals surface area (Å²) in [6, 6.07) is 6.13. The Kier molecular flexibility index (Phi) is 9.34. The van der Waals surface area contributed by atoms with Gasteiger partial charge in [-0.05, 0) is 59.4 Å².